The maximum atomic E-state index is 11.2. The summed E-state index contributed by atoms with van der Waals surface area (Å²) in [6, 6.07) is 0. The van der Waals surface area contributed by atoms with Crippen molar-refractivity contribution in [3.8, 4) is 0 Å². The van der Waals surface area contributed by atoms with Gasteiger partial charge in [-0.15, -0.1) is 0 Å². The number of aromatic nitrogens is 2. The van der Waals surface area contributed by atoms with Crippen molar-refractivity contribution in [3.63, 3.8) is 0 Å². The molecule has 110 valence electrons. The molecule has 0 atom stereocenters. The summed E-state index contributed by atoms with van der Waals surface area (Å²) >= 11 is 5.82. The molecule has 0 N–H and O–H groups in total. The Morgan fingerprint density at radius 3 is 2.70 bits per heavy atom. The second-order valence-electron chi connectivity index (χ2n) is 4.94. The lowest BCUT2D eigenvalue weighted by Gasteiger charge is -2.27. The van der Waals surface area contributed by atoms with Crippen LogP contribution in [0.2, 0.25) is 5.28 Å². The summed E-state index contributed by atoms with van der Waals surface area (Å²) in [6.45, 7) is 3.74. The molecular weight excluding hydrogens is 284 g/mol. The fourth-order valence-corrected chi connectivity index (χ4v) is 2.61. The van der Waals surface area contributed by atoms with E-state index in [-0.39, 0.29) is 22.5 Å². The molecule has 1 saturated heterocycles. The van der Waals surface area contributed by atoms with Gasteiger partial charge >= 0.3 is 5.69 Å². The molecule has 0 spiro atoms. The molecule has 0 bridgehead atoms. The van der Waals surface area contributed by atoms with Crippen LogP contribution in [0.1, 0.15) is 18.5 Å². The Morgan fingerprint density at radius 1 is 1.45 bits per heavy atom. The maximum Gasteiger partial charge on any atom is 0.332 e. The van der Waals surface area contributed by atoms with Crippen molar-refractivity contribution in [2.24, 2.45) is 5.92 Å². The molecular formula is C12H17ClN4O3. The number of ether oxygens (including phenoxy) is 1. The molecule has 1 aromatic heterocycles. The molecule has 1 fully saturated rings. The fourth-order valence-electron chi connectivity index (χ4n) is 2.40. The molecule has 2 rings (SSSR count). The Morgan fingerprint density at radius 2 is 2.10 bits per heavy atom. The van der Waals surface area contributed by atoms with Gasteiger partial charge in [-0.2, -0.15) is 4.98 Å². The molecule has 1 aliphatic rings. The van der Waals surface area contributed by atoms with Gasteiger partial charge in [0.15, 0.2) is 0 Å². The van der Waals surface area contributed by atoms with Gasteiger partial charge in [-0.3, -0.25) is 10.1 Å². The Labute approximate surface area is 122 Å². The summed E-state index contributed by atoms with van der Waals surface area (Å²) in [4.78, 5) is 20.4. The third-order valence-corrected chi connectivity index (χ3v) is 3.60. The van der Waals surface area contributed by atoms with Gasteiger partial charge in [0.25, 0.3) is 0 Å². The third-order valence-electron chi connectivity index (χ3n) is 3.43. The van der Waals surface area contributed by atoms with Crippen LogP contribution in [0.15, 0.2) is 0 Å². The maximum absolute atomic E-state index is 11.2. The predicted molar refractivity (Wildman–Crippen MR) is 75.2 cm³/mol. The van der Waals surface area contributed by atoms with E-state index < -0.39 is 4.92 Å². The van der Waals surface area contributed by atoms with Gasteiger partial charge < -0.3 is 9.64 Å². The molecule has 8 heteroatoms. The van der Waals surface area contributed by atoms with Crippen LogP contribution >= 0.6 is 11.6 Å². The van der Waals surface area contributed by atoms with E-state index in [0.29, 0.717) is 12.5 Å². The second kappa shape index (κ2) is 6.32. The zero-order chi connectivity index (χ0) is 14.7. The molecule has 0 radical (unpaired) electrons. The molecule has 0 amide bonds. The lowest BCUT2D eigenvalue weighted by atomic mass is 10.00. The summed E-state index contributed by atoms with van der Waals surface area (Å²) in [5, 5.41) is 11.2. The summed E-state index contributed by atoms with van der Waals surface area (Å²) < 4.78 is 5.31. The Hall–Kier alpha value is -1.47. The van der Waals surface area contributed by atoms with E-state index in [1.165, 1.54) is 0 Å². The highest BCUT2D eigenvalue weighted by molar-refractivity contribution is 6.28. The number of rotatable bonds is 4. The summed E-state index contributed by atoms with van der Waals surface area (Å²) in [7, 11) is 1.79. The van der Waals surface area contributed by atoms with Crippen molar-refractivity contribution < 1.29 is 9.66 Å². The molecule has 0 aromatic carbocycles. The minimum atomic E-state index is -0.457. The van der Waals surface area contributed by atoms with Crippen molar-refractivity contribution in [2.75, 3.05) is 31.7 Å². The SMILES string of the molecule is Cc1nc(Cl)nc(N(C)CC2CCOCC2)c1[N+](=O)[O-]. The van der Waals surface area contributed by atoms with Crippen molar-refractivity contribution in [1.29, 1.82) is 0 Å². The molecule has 7 nitrogen and oxygen atoms in total. The minimum Gasteiger partial charge on any atom is -0.381 e. The molecule has 0 unspecified atom stereocenters. The zero-order valence-electron chi connectivity index (χ0n) is 11.5. The number of nitro groups is 1. The van der Waals surface area contributed by atoms with Crippen LogP contribution in [-0.4, -0.2) is 41.7 Å². The molecule has 0 saturated carbocycles. The van der Waals surface area contributed by atoms with Gasteiger partial charge in [-0.1, -0.05) is 0 Å². The van der Waals surface area contributed by atoms with E-state index in [2.05, 4.69) is 9.97 Å². The first-order chi connectivity index (χ1) is 9.49. The standard InChI is InChI=1S/C12H17ClN4O3/c1-8-10(17(18)19)11(15-12(13)14-8)16(2)7-9-3-5-20-6-4-9/h9H,3-7H2,1-2H3. The van der Waals surface area contributed by atoms with Crippen molar-refractivity contribution in [1.82, 2.24) is 9.97 Å². The first kappa shape index (κ1) is 14.9. The minimum absolute atomic E-state index is 0.0296. The van der Waals surface area contributed by atoms with Gasteiger partial charge in [0.05, 0.1) is 4.92 Å². The average molecular weight is 301 g/mol. The van der Waals surface area contributed by atoms with E-state index in [1.807, 2.05) is 0 Å². The van der Waals surface area contributed by atoms with Gasteiger partial charge in [0, 0.05) is 26.8 Å². The number of aryl methyl sites for hydroxylation is 1. The van der Waals surface area contributed by atoms with E-state index >= 15 is 0 Å². The number of halogens is 1. The average Bonchev–Trinajstić information content (AvgIpc) is 2.38. The highest BCUT2D eigenvalue weighted by Crippen LogP contribution is 2.30. The summed E-state index contributed by atoms with van der Waals surface area (Å²) in [5.41, 5.74) is 0.202. The molecule has 20 heavy (non-hydrogen) atoms. The van der Waals surface area contributed by atoms with Gasteiger partial charge in [0.2, 0.25) is 11.1 Å². The summed E-state index contributed by atoms with van der Waals surface area (Å²) in [5.74, 6) is 0.724. The van der Waals surface area contributed by atoms with Crippen LogP contribution in [0.5, 0.6) is 0 Å². The Balaban J connectivity index is 2.23. The highest BCUT2D eigenvalue weighted by atomic mass is 35.5. The molecule has 1 aromatic rings. The zero-order valence-corrected chi connectivity index (χ0v) is 12.3. The van der Waals surface area contributed by atoms with Crippen LogP contribution in [0.3, 0.4) is 0 Å². The van der Waals surface area contributed by atoms with E-state index in [9.17, 15) is 10.1 Å². The number of nitrogens with zero attached hydrogens (tertiary/aromatic N) is 4. The Kier molecular flexibility index (Phi) is 4.72. The van der Waals surface area contributed by atoms with Crippen molar-refractivity contribution in [2.45, 2.75) is 19.8 Å². The first-order valence-corrected chi connectivity index (χ1v) is 6.84. The number of anilines is 1. The lowest BCUT2D eigenvalue weighted by molar-refractivity contribution is -0.385. The molecule has 0 aliphatic carbocycles. The number of hydrogen-bond acceptors (Lipinski definition) is 6. The quantitative estimate of drug-likeness (QED) is 0.482. The fraction of sp³-hybridized carbons (Fsp3) is 0.667. The topological polar surface area (TPSA) is 81.4 Å². The smallest absolute Gasteiger partial charge is 0.332 e. The van der Waals surface area contributed by atoms with Crippen LogP contribution in [0, 0.1) is 23.0 Å². The first-order valence-electron chi connectivity index (χ1n) is 6.46. The van der Waals surface area contributed by atoms with Crippen LogP contribution < -0.4 is 4.90 Å². The van der Waals surface area contributed by atoms with Crippen molar-refractivity contribution >= 4 is 23.1 Å². The van der Waals surface area contributed by atoms with Crippen molar-refractivity contribution in [3.05, 3.63) is 21.1 Å². The van der Waals surface area contributed by atoms with Gasteiger partial charge in [-0.25, -0.2) is 4.98 Å². The van der Waals surface area contributed by atoms with E-state index in [0.717, 1.165) is 26.1 Å². The normalized spacial score (nSPS) is 16.1. The number of hydrogen-bond donors (Lipinski definition) is 0. The summed E-state index contributed by atoms with van der Waals surface area (Å²) in [6.07, 6.45) is 1.91. The van der Waals surface area contributed by atoms with Crippen LogP contribution in [0.4, 0.5) is 11.5 Å². The Bertz CT molecular complexity index is 506. The van der Waals surface area contributed by atoms with E-state index in [4.69, 9.17) is 16.3 Å². The van der Waals surface area contributed by atoms with Gasteiger partial charge in [0.1, 0.15) is 5.69 Å². The van der Waals surface area contributed by atoms with Gasteiger partial charge in [-0.05, 0) is 37.3 Å². The monoisotopic (exact) mass is 300 g/mol. The molecule has 2 heterocycles. The second-order valence-corrected chi connectivity index (χ2v) is 5.28. The van der Waals surface area contributed by atoms with E-state index in [1.54, 1.807) is 18.9 Å². The van der Waals surface area contributed by atoms with Crippen LogP contribution in [-0.2, 0) is 4.74 Å². The predicted octanol–water partition coefficient (Wildman–Crippen LogP) is 2.21. The highest BCUT2D eigenvalue weighted by Gasteiger charge is 2.26. The largest absolute Gasteiger partial charge is 0.381 e. The van der Waals surface area contributed by atoms with Crippen LogP contribution in [0.25, 0.3) is 0 Å². The lowest BCUT2D eigenvalue weighted by Crippen LogP contribution is -2.30. The third kappa shape index (κ3) is 3.34. The molecule has 1 aliphatic heterocycles.